The van der Waals surface area contributed by atoms with Crippen LogP contribution < -0.4 is 36.0 Å². The maximum absolute atomic E-state index is 15.2. The standard InChI is InChI=1S/C44H50ClF2N11O4/c1-24-21-58(13-12-26(24)22-56-14-16-57(17-15-56)28-7-8-29-34(19-28)55(3)53-36(29)30-9-11-35(59)50-41(30)60)43-48-20-32(45)40(52-43)49-27-6-10-33-31(18-27)37-38(42(61)54(33)2)62-23-44(46,47)39(51-37)25-4-5-25/h6-8,10,18-20,24-26,30,39,51H,4-5,9,11-17,21-23H2,1-3H3,(H,48,49,52)(H,50,59,60)/t24-,26-,30?,39+/m1/s1. The molecule has 4 aliphatic heterocycles. The lowest BCUT2D eigenvalue weighted by atomic mass is 9.86. The number of piperidine rings is 2. The topological polar surface area (TPSA) is 155 Å². The molecule has 2 aromatic carbocycles. The number of amides is 2. The quantitative estimate of drug-likeness (QED) is 0.166. The van der Waals surface area contributed by atoms with Crippen molar-refractivity contribution in [2.24, 2.45) is 31.8 Å². The Hall–Kier alpha value is -5.55. The Morgan fingerprint density at radius 1 is 0.952 bits per heavy atom. The van der Waals surface area contributed by atoms with Gasteiger partial charge in [-0.05, 0) is 79.8 Å². The number of benzene rings is 2. The van der Waals surface area contributed by atoms with Gasteiger partial charge in [0.2, 0.25) is 23.5 Å². The van der Waals surface area contributed by atoms with E-state index in [0.717, 1.165) is 74.5 Å². The summed E-state index contributed by atoms with van der Waals surface area (Å²) in [6.07, 6.45) is 4.78. The predicted octanol–water partition coefficient (Wildman–Crippen LogP) is 5.64. The minimum Gasteiger partial charge on any atom is -0.480 e. The zero-order valence-electron chi connectivity index (χ0n) is 35.0. The molecule has 3 N–H and O–H groups in total. The van der Waals surface area contributed by atoms with Crippen molar-refractivity contribution in [1.82, 2.24) is 34.5 Å². The van der Waals surface area contributed by atoms with Gasteiger partial charge in [-0.25, -0.2) is 13.8 Å². The molecule has 5 aromatic rings. The van der Waals surface area contributed by atoms with E-state index in [1.807, 2.05) is 23.9 Å². The molecule has 0 bridgehead atoms. The third kappa shape index (κ3) is 7.46. The Morgan fingerprint density at radius 2 is 1.76 bits per heavy atom. The smallest absolute Gasteiger partial charge is 0.301 e. The van der Waals surface area contributed by atoms with Gasteiger partial charge in [0.15, 0.2) is 12.4 Å². The highest BCUT2D eigenvalue weighted by atomic mass is 35.5. The molecule has 15 nitrogen and oxygen atoms in total. The minimum absolute atomic E-state index is 0.106. The summed E-state index contributed by atoms with van der Waals surface area (Å²) in [6, 6.07) is 10.6. The Kier molecular flexibility index (Phi) is 10.2. The van der Waals surface area contributed by atoms with Crippen LogP contribution in [0.5, 0.6) is 5.75 Å². The zero-order chi connectivity index (χ0) is 43.0. The van der Waals surface area contributed by atoms with E-state index in [4.69, 9.17) is 26.4 Å². The third-order valence-corrected chi connectivity index (χ3v) is 13.9. The highest BCUT2D eigenvalue weighted by molar-refractivity contribution is 6.33. The number of carbonyl (C=O) groups excluding carboxylic acids is 2. The Morgan fingerprint density at radius 3 is 2.52 bits per heavy atom. The molecular formula is C44H50ClF2N11O4. The Balaban J connectivity index is 0.777. The average Bonchev–Trinajstić information content (AvgIpc) is 4.06. The van der Waals surface area contributed by atoms with Gasteiger partial charge in [-0.2, -0.15) is 10.1 Å². The molecule has 0 radical (unpaired) electrons. The van der Waals surface area contributed by atoms with E-state index in [1.54, 1.807) is 19.3 Å². The van der Waals surface area contributed by atoms with Crippen molar-refractivity contribution in [3.8, 4) is 5.75 Å². The molecule has 62 heavy (non-hydrogen) atoms. The molecule has 3 saturated heterocycles. The van der Waals surface area contributed by atoms with Gasteiger partial charge in [0.25, 0.3) is 5.56 Å². The van der Waals surface area contributed by atoms with Crippen LogP contribution in [0.2, 0.25) is 5.02 Å². The largest absolute Gasteiger partial charge is 0.480 e. The molecule has 0 spiro atoms. The monoisotopic (exact) mass is 869 g/mol. The van der Waals surface area contributed by atoms with Gasteiger partial charge >= 0.3 is 5.92 Å². The first-order valence-corrected chi connectivity index (χ1v) is 21.9. The van der Waals surface area contributed by atoms with E-state index >= 15 is 8.78 Å². The highest BCUT2D eigenvalue weighted by Gasteiger charge is 2.51. The summed E-state index contributed by atoms with van der Waals surface area (Å²) in [5, 5.41) is 15.4. The van der Waals surface area contributed by atoms with E-state index in [-0.39, 0.29) is 29.2 Å². The summed E-state index contributed by atoms with van der Waals surface area (Å²) < 4.78 is 39.1. The second-order valence-corrected chi connectivity index (χ2v) is 18.2. The van der Waals surface area contributed by atoms with Crippen molar-refractivity contribution in [3.63, 3.8) is 0 Å². The molecule has 1 saturated carbocycles. The van der Waals surface area contributed by atoms with E-state index in [0.29, 0.717) is 70.9 Å². The summed E-state index contributed by atoms with van der Waals surface area (Å²) in [4.78, 5) is 54.3. The number of aromatic nitrogens is 5. The van der Waals surface area contributed by atoms with Crippen molar-refractivity contribution >= 4 is 74.0 Å². The number of hydrogen-bond acceptors (Lipinski definition) is 12. The lowest BCUT2D eigenvalue weighted by Gasteiger charge is -2.42. The maximum Gasteiger partial charge on any atom is 0.301 e. The van der Waals surface area contributed by atoms with Crippen molar-refractivity contribution < 1.29 is 23.1 Å². The number of alkyl halides is 2. The number of pyridine rings is 1. The van der Waals surface area contributed by atoms with Gasteiger partial charge in [0.05, 0.1) is 40.6 Å². The maximum atomic E-state index is 15.2. The summed E-state index contributed by atoms with van der Waals surface area (Å²) in [6.45, 7) is 7.78. The number of nitrogens with one attached hydrogen (secondary N) is 3. The lowest BCUT2D eigenvalue weighted by Crippen LogP contribution is -2.50. The van der Waals surface area contributed by atoms with Crippen LogP contribution in [0, 0.1) is 17.8 Å². The number of hydrogen-bond donors (Lipinski definition) is 3. The predicted molar refractivity (Wildman–Crippen MR) is 234 cm³/mol. The van der Waals surface area contributed by atoms with E-state index in [1.165, 1.54) is 4.57 Å². The second-order valence-electron chi connectivity index (χ2n) is 17.8. The summed E-state index contributed by atoms with van der Waals surface area (Å²) in [5.41, 5.74) is 3.84. The number of halogens is 3. The van der Waals surface area contributed by atoms with Crippen LogP contribution in [0.1, 0.15) is 50.6 Å². The Bertz CT molecular complexity index is 2660. The number of aryl methyl sites for hydroxylation is 2. The first kappa shape index (κ1) is 40.5. The van der Waals surface area contributed by atoms with E-state index in [9.17, 15) is 14.4 Å². The number of anilines is 5. The normalized spacial score (nSPS) is 24.4. The third-order valence-electron chi connectivity index (χ3n) is 13.6. The molecule has 10 rings (SSSR count). The number of nitrogens with zero attached hydrogens (tertiary/aromatic N) is 8. The molecule has 326 valence electrons. The number of fused-ring (bicyclic) bond motifs is 4. The molecule has 3 aromatic heterocycles. The van der Waals surface area contributed by atoms with Gasteiger partial charge in [0.1, 0.15) is 5.02 Å². The van der Waals surface area contributed by atoms with Crippen LogP contribution in [0.3, 0.4) is 0 Å². The molecule has 2 amide bonds. The van der Waals surface area contributed by atoms with Gasteiger partial charge in [-0.1, -0.05) is 18.5 Å². The van der Waals surface area contributed by atoms with Crippen LogP contribution in [-0.4, -0.2) is 105 Å². The molecule has 5 aliphatic rings. The van der Waals surface area contributed by atoms with Gasteiger partial charge < -0.3 is 29.7 Å². The molecule has 7 heterocycles. The molecule has 4 atom stereocenters. The first-order valence-electron chi connectivity index (χ1n) is 21.6. The van der Waals surface area contributed by atoms with Crippen LogP contribution in [0.25, 0.3) is 21.8 Å². The summed E-state index contributed by atoms with van der Waals surface area (Å²) in [5.74, 6) is -2.45. The molecular weight excluding hydrogens is 820 g/mol. The molecule has 18 heteroatoms. The number of piperazine rings is 1. The van der Waals surface area contributed by atoms with E-state index < -0.39 is 30.0 Å². The fourth-order valence-electron chi connectivity index (χ4n) is 9.87. The average molecular weight is 870 g/mol. The minimum atomic E-state index is -3.13. The second kappa shape index (κ2) is 15.7. The lowest BCUT2D eigenvalue weighted by molar-refractivity contribution is -0.134. The van der Waals surface area contributed by atoms with Gasteiger partial charge in [-0.15, -0.1) is 0 Å². The number of carbonyl (C=O) groups is 2. The van der Waals surface area contributed by atoms with Gasteiger partial charge in [0, 0.05) is 88.5 Å². The molecule has 4 fully saturated rings. The van der Waals surface area contributed by atoms with Crippen LogP contribution in [-0.2, 0) is 23.7 Å². The first-order chi connectivity index (χ1) is 29.8. The molecule has 1 aliphatic carbocycles. The fraction of sp³-hybridized carbons (Fsp3) is 0.500. The van der Waals surface area contributed by atoms with Crippen LogP contribution in [0.4, 0.5) is 37.6 Å². The SMILES string of the molecule is C[C@@H]1CN(c2ncc(Cl)c(Nc3ccc4c(c3)c3c(c(=O)n4C)OCC(F)(F)[C@H](C4CC4)N3)n2)CC[C@@H]1CN1CCN(c2ccc3c(C4CCC(=O)NC4=O)nn(C)c3c2)CC1. The summed E-state index contributed by atoms with van der Waals surface area (Å²) >= 11 is 6.66. The van der Waals surface area contributed by atoms with Crippen LogP contribution in [0.15, 0.2) is 47.4 Å². The van der Waals surface area contributed by atoms with Crippen molar-refractivity contribution in [1.29, 1.82) is 0 Å². The van der Waals surface area contributed by atoms with Crippen molar-refractivity contribution in [2.45, 2.75) is 56.9 Å². The van der Waals surface area contributed by atoms with Gasteiger partial charge in [-0.3, -0.25) is 29.3 Å². The fourth-order valence-corrected chi connectivity index (χ4v) is 10.0. The highest BCUT2D eigenvalue weighted by Crippen LogP contribution is 2.46. The van der Waals surface area contributed by atoms with Crippen molar-refractivity contribution in [2.75, 3.05) is 72.9 Å². The van der Waals surface area contributed by atoms with Crippen LogP contribution >= 0.6 is 11.6 Å². The summed E-state index contributed by atoms with van der Waals surface area (Å²) in [7, 11) is 3.51. The molecule has 1 unspecified atom stereocenters. The zero-order valence-corrected chi connectivity index (χ0v) is 35.7. The number of ether oxygens (including phenoxy) is 1. The number of imide groups is 1. The van der Waals surface area contributed by atoms with E-state index in [2.05, 4.69) is 60.8 Å². The Labute approximate surface area is 361 Å². The van der Waals surface area contributed by atoms with Crippen molar-refractivity contribution in [3.05, 3.63) is 63.7 Å². The number of rotatable bonds is 8.